The maximum atomic E-state index is 11.9. The standard InChI is InChI=1S/C25H47NO5/c1-3-5-15-21(16-6-4-2)17-13-11-9-7-8-10-12-14-18-23(27)26-22(25(30)31)19-20-24(28)29/h21-22H,3-20H2,1-2H3,(H,26,27)(H,28,29)(H,30,31)/t22-/m0/s1. The van der Waals surface area contributed by atoms with Crippen molar-refractivity contribution in [2.24, 2.45) is 5.92 Å². The Kier molecular flexibility index (Phi) is 19.3. The van der Waals surface area contributed by atoms with Crippen LogP contribution in [0.3, 0.4) is 0 Å². The van der Waals surface area contributed by atoms with Crippen LogP contribution in [0.4, 0.5) is 0 Å². The van der Waals surface area contributed by atoms with Crippen molar-refractivity contribution in [3.8, 4) is 0 Å². The number of aliphatic carboxylic acids is 2. The summed E-state index contributed by atoms with van der Waals surface area (Å²) in [6, 6.07) is -1.12. The highest BCUT2D eigenvalue weighted by Gasteiger charge is 2.20. The van der Waals surface area contributed by atoms with Crippen molar-refractivity contribution in [2.45, 2.75) is 135 Å². The first-order valence-electron chi connectivity index (χ1n) is 12.6. The van der Waals surface area contributed by atoms with Crippen LogP contribution in [-0.2, 0) is 14.4 Å². The molecule has 0 unspecified atom stereocenters. The molecule has 0 aromatic carbocycles. The lowest BCUT2D eigenvalue weighted by molar-refractivity contribution is -0.143. The summed E-state index contributed by atoms with van der Waals surface area (Å²) < 4.78 is 0. The molecule has 0 aliphatic carbocycles. The van der Waals surface area contributed by atoms with Crippen LogP contribution in [0, 0.1) is 5.92 Å². The number of carboxylic acids is 2. The number of carbonyl (C=O) groups is 3. The van der Waals surface area contributed by atoms with Crippen molar-refractivity contribution < 1.29 is 24.6 Å². The maximum Gasteiger partial charge on any atom is 0.326 e. The van der Waals surface area contributed by atoms with Crippen molar-refractivity contribution >= 4 is 17.8 Å². The number of rotatable bonds is 22. The van der Waals surface area contributed by atoms with E-state index >= 15 is 0 Å². The zero-order valence-electron chi connectivity index (χ0n) is 20.0. The van der Waals surface area contributed by atoms with Crippen LogP contribution in [0.2, 0.25) is 0 Å². The molecule has 0 aromatic heterocycles. The summed E-state index contributed by atoms with van der Waals surface area (Å²) in [6.07, 6.45) is 18.7. The van der Waals surface area contributed by atoms with Crippen LogP contribution in [0.15, 0.2) is 0 Å². The van der Waals surface area contributed by atoms with Crippen LogP contribution >= 0.6 is 0 Å². The number of hydrogen-bond donors (Lipinski definition) is 3. The maximum absolute atomic E-state index is 11.9. The van der Waals surface area contributed by atoms with E-state index in [4.69, 9.17) is 10.2 Å². The van der Waals surface area contributed by atoms with Crippen molar-refractivity contribution in [3.05, 3.63) is 0 Å². The van der Waals surface area contributed by atoms with E-state index in [0.717, 1.165) is 25.2 Å². The lowest BCUT2D eigenvalue weighted by Crippen LogP contribution is -2.41. The highest BCUT2D eigenvalue weighted by Crippen LogP contribution is 2.23. The summed E-state index contributed by atoms with van der Waals surface area (Å²) in [6.45, 7) is 4.55. The molecule has 0 aliphatic heterocycles. The van der Waals surface area contributed by atoms with Crippen LogP contribution in [-0.4, -0.2) is 34.1 Å². The van der Waals surface area contributed by atoms with Gasteiger partial charge in [-0.2, -0.15) is 0 Å². The molecule has 1 atom stereocenters. The van der Waals surface area contributed by atoms with Gasteiger partial charge < -0.3 is 15.5 Å². The Hall–Kier alpha value is -1.59. The smallest absolute Gasteiger partial charge is 0.326 e. The molecule has 0 bridgehead atoms. The molecule has 6 heteroatoms. The van der Waals surface area contributed by atoms with Gasteiger partial charge in [0, 0.05) is 12.8 Å². The normalized spacial score (nSPS) is 12.1. The minimum atomic E-state index is -1.18. The zero-order chi connectivity index (χ0) is 23.3. The largest absolute Gasteiger partial charge is 0.481 e. The summed E-state index contributed by atoms with van der Waals surface area (Å²) in [4.78, 5) is 33.5. The lowest BCUT2D eigenvalue weighted by Gasteiger charge is -2.16. The second-order valence-corrected chi connectivity index (χ2v) is 8.91. The molecule has 0 radical (unpaired) electrons. The van der Waals surface area contributed by atoms with Crippen LogP contribution in [0.5, 0.6) is 0 Å². The van der Waals surface area contributed by atoms with Crippen LogP contribution in [0.1, 0.15) is 129 Å². The molecule has 0 saturated carbocycles. The monoisotopic (exact) mass is 441 g/mol. The van der Waals surface area contributed by atoms with E-state index in [1.165, 1.54) is 77.0 Å². The Morgan fingerprint density at radius 1 is 0.645 bits per heavy atom. The van der Waals surface area contributed by atoms with Gasteiger partial charge in [-0.15, -0.1) is 0 Å². The quantitative estimate of drug-likeness (QED) is 0.171. The number of amides is 1. The topological polar surface area (TPSA) is 104 Å². The molecule has 0 spiro atoms. The fourth-order valence-corrected chi connectivity index (χ4v) is 3.99. The second kappa shape index (κ2) is 20.3. The van der Waals surface area contributed by atoms with Crippen LogP contribution < -0.4 is 5.32 Å². The molecule has 0 saturated heterocycles. The average Bonchev–Trinajstić information content (AvgIpc) is 2.73. The molecule has 0 fully saturated rings. The molecule has 1 amide bonds. The third-order valence-electron chi connectivity index (χ3n) is 5.98. The Morgan fingerprint density at radius 2 is 1.13 bits per heavy atom. The van der Waals surface area contributed by atoms with Gasteiger partial charge in [-0.05, 0) is 18.8 Å². The summed E-state index contributed by atoms with van der Waals surface area (Å²) in [5.41, 5.74) is 0. The van der Waals surface area contributed by atoms with Gasteiger partial charge in [-0.3, -0.25) is 9.59 Å². The Bertz CT molecular complexity index is 473. The van der Waals surface area contributed by atoms with Crippen molar-refractivity contribution in [1.29, 1.82) is 0 Å². The highest BCUT2D eigenvalue weighted by molar-refractivity contribution is 5.83. The van der Waals surface area contributed by atoms with E-state index in [9.17, 15) is 14.4 Å². The minimum absolute atomic E-state index is 0.0889. The molecular weight excluding hydrogens is 394 g/mol. The molecule has 6 nitrogen and oxygen atoms in total. The molecular formula is C25H47NO5. The van der Waals surface area contributed by atoms with Gasteiger partial charge in [0.2, 0.25) is 5.91 Å². The Morgan fingerprint density at radius 3 is 1.61 bits per heavy atom. The van der Waals surface area contributed by atoms with Crippen molar-refractivity contribution in [2.75, 3.05) is 0 Å². The zero-order valence-corrected chi connectivity index (χ0v) is 20.0. The number of carbonyl (C=O) groups excluding carboxylic acids is 1. The van der Waals surface area contributed by atoms with Gasteiger partial charge in [-0.25, -0.2) is 4.79 Å². The van der Waals surface area contributed by atoms with Gasteiger partial charge in [-0.1, -0.05) is 104 Å². The fourth-order valence-electron chi connectivity index (χ4n) is 3.99. The molecule has 0 heterocycles. The molecule has 182 valence electrons. The molecule has 0 rings (SSSR count). The van der Waals surface area contributed by atoms with E-state index in [0.29, 0.717) is 6.42 Å². The SMILES string of the molecule is CCCCC(CCCC)CCCCCCCCCCC(=O)N[C@@H](CCC(=O)O)C(=O)O. The van der Waals surface area contributed by atoms with E-state index in [1.54, 1.807) is 0 Å². The summed E-state index contributed by atoms with van der Waals surface area (Å²) in [5.74, 6) is -1.63. The van der Waals surface area contributed by atoms with Crippen LogP contribution in [0.25, 0.3) is 0 Å². The predicted octanol–water partition coefficient (Wildman–Crippen LogP) is 6.32. The average molecular weight is 442 g/mol. The first-order valence-corrected chi connectivity index (χ1v) is 12.6. The number of hydrogen-bond acceptors (Lipinski definition) is 3. The minimum Gasteiger partial charge on any atom is -0.481 e. The number of carboxylic acid groups (broad SMARTS) is 2. The van der Waals surface area contributed by atoms with Gasteiger partial charge in [0.05, 0.1) is 0 Å². The van der Waals surface area contributed by atoms with Gasteiger partial charge >= 0.3 is 11.9 Å². The van der Waals surface area contributed by atoms with Crippen molar-refractivity contribution in [3.63, 3.8) is 0 Å². The predicted molar refractivity (Wildman–Crippen MR) is 125 cm³/mol. The number of unbranched alkanes of at least 4 members (excludes halogenated alkanes) is 9. The van der Waals surface area contributed by atoms with Gasteiger partial charge in [0.1, 0.15) is 6.04 Å². The third kappa shape index (κ3) is 18.9. The summed E-state index contributed by atoms with van der Waals surface area (Å²) in [5, 5.41) is 20.1. The Balaban J connectivity index is 3.69. The third-order valence-corrected chi connectivity index (χ3v) is 5.98. The summed E-state index contributed by atoms with van der Waals surface area (Å²) in [7, 11) is 0. The molecule has 3 N–H and O–H groups in total. The molecule has 31 heavy (non-hydrogen) atoms. The van der Waals surface area contributed by atoms with E-state index in [2.05, 4.69) is 19.2 Å². The number of nitrogens with one attached hydrogen (secondary N) is 1. The Labute approximate surface area is 189 Å². The van der Waals surface area contributed by atoms with Gasteiger partial charge in [0.15, 0.2) is 0 Å². The van der Waals surface area contributed by atoms with E-state index in [-0.39, 0.29) is 18.7 Å². The first kappa shape index (κ1) is 29.4. The highest BCUT2D eigenvalue weighted by atomic mass is 16.4. The first-order chi connectivity index (χ1) is 14.9. The molecule has 0 aromatic rings. The summed E-state index contributed by atoms with van der Waals surface area (Å²) >= 11 is 0. The van der Waals surface area contributed by atoms with E-state index < -0.39 is 18.0 Å². The fraction of sp³-hybridized carbons (Fsp3) is 0.880. The van der Waals surface area contributed by atoms with Crippen molar-refractivity contribution in [1.82, 2.24) is 5.32 Å². The lowest BCUT2D eigenvalue weighted by atomic mass is 9.90. The van der Waals surface area contributed by atoms with E-state index in [1.807, 2.05) is 0 Å². The molecule has 0 aliphatic rings. The second-order valence-electron chi connectivity index (χ2n) is 8.91. The van der Waals surface area contributed by atoms with Gasteiger partial charge in [0.25, 0.3) is 0 Å².